The minimum Gasteiger partial charge on any atom is -0.318 e. The summed E-state index contributed by atoms with van der Waals surface area (Å²) in [6.07, 6.45) is 1.76. The van der Waals surface area contributed by atoms with Crippen molar-refractivity contribution in [3.05, 3.63) is 65.2 Å². The molecular formula is C20H18N2O5S. The van der Waals surface area contributed by atoms with Gasteiger partial charge in [0.05, 0.1) is 4.90 Å². The summed E-state index contributed by atoms with van der Waals surface area (Å²) < 4.78 is 26.4. The Labute approximate surface area is 162 Å². The molecule has 7 nitrogen and oxygen atoms in total. The molecule has 1 heterocycles. The largest absolute Gasteiger partial charge is 0.339 e. The number of fused-ring (bicyclic) bond motifs is 2. The van der Waals surface area contributed by atoms with Gasteiger partial charge in [-0.05, 0) is 49.4 Å². The van der Waals surface area contributed by atoms with Crippen LogP contribution < -0.4 is 5.32 Å². The molecule has 2 aromatic carbocycles. The summed E-state index contributed by atoms with van der Waals surface area (Å²) in [6, 6.07) is 11.5. The lowest BCUT2D eigenvalue weighted by atomic mass is 9.76. The number of benzene rings is 2. The first-order valence-corrected chi connectivity index (χ1v) is 10.3. The van der Waals surface area contributed by atoms with Crippen LogP contribution in [0.15, 0.2) is 53.4 Å². The van der Waals surface area contributed by atoms with E-state index in [1.807, 2.05) is 12.1 Å². The summed E-state index contributed by atoms with van der Waals surface area (Å²) in [5.41, 5.74) is 0.545. The molecule has 4 rings (SSSR count). The van der Waals surface area contributed by atoms with Crippen molar-refractivity contribution in [2.45, 2.75) is 36.6 Å². The Morgan fingerprint density at radius 2 is 1.75 bits per heavy atom. The van der Waals surface area contributed by atoms with Gasteiger partial charge in [0.15, 0.2) is 5.78 Å². The minimum absolute atomic E-state index is 0.211. The molecule has 1 saturated heterocycles. The van der Waals surface area contributed by atoms with E-state index in [9.17, 15) is 22.8 Å². The molecule has 2 aliphatic rings. The predicted molar refractivity (Wildman–Crippen MR) is 100 cm³/mol. The van der Waals surface area contributed by atoms with Crippen molar-refractivity contribution in [1.82, 2.24) is 9.62 Å². The number of carbonyl (C=O) groups excluding carboxylic acids is 3. The molecule has 3 amide bonds. The Balaban J connectivity index is 1.77. The third-order valence-electron chi connectivity index (χ3n) is 5.33. The zero-order chi connectivity index (χ0) is 20.1. The molecule has 0 saturated carbocycles. The van der Waals surface area contributed by atoms with Crippen molar-refractivity contribution in [1.29, 1.82) is 0 Å². The summed E-state index contributed by atoms with van der Waals surface area (Å²) >= 11 is 0. The lowest BCUT2D eigenvalue weighted by molar-refractivity contribution is -0.128. The van der Waals surface area contributed by atoms with E-state index in [0.717, 1.165) is 12.0 Å². The van der Waals surface area contributed by atoms with Crippen LogP contribution >= 0.6 is 0 Å². The fourth-order valence-corrected chi connectivity index (χ4v) is 5.25. The van der Waals surface area contributed by atoms with Gasteiger partial charge in [0, 0.05) is 5.56 Å². The third kappa shape index (κ3) is 2.56. The molecule has 1 spiro atoms. The molecule has 144 valence electrons. The van der Waals surface area contributed by atoms with Crippen molar-refractivity contribution in [3.8, 4) is 0 Å². The normalized spacial score (nSPS) is 21.5. The monoisotopic (exact) mass is 398 g/mol. The number of ketones is 1. The summed E-state index contributed by atoms with van der Waals surface area (Å²) in [6.45, 7) is 1.37. The first-order chi connectivity index (χ1) is 13.3. The van der Waals surface area contributed by atoms with Crippen LogP contribution in [0.4, 0.5) is 4.79 Å². The average Bonchev–Trinajstić information content (AvgIpc) is 2.93. The van der Waals surface area contributed by atoms with Gasteiger partial charge in [-0.25, -0.2) is 13.2 Å². The number of rotatable bonds is 3. The number of amides is 3. The number of hydrogen-bond donors (Lipinski definition) is 1. The maximum atomic E-state index is 13.3. The highest BCUT2D eigenvalue weighted by atomic mass is 32.2. The Bertz CT molecular complexity index is 1110. The lowest BCUT2D eigenvalue weighted by Crippen LogP contribution is -2.47. The van der Waals surface area contributed by atoms with Gasteiger partial charge in [-0.15, -0.1) is 4.31 Å². The molecule has 1 fully saturated rings. The van der Waals surface area contributed by atoms with E-state index in [2.05, 4.69) is 5.32 Å². The van der Waals surface area contributed by atoms with E-state index in [4.69, 9.17) is 0 Å². The first kappa shape index (κ1) is 18.4. The number of sulfonamides is 1. The van der Waals surface area contributed by atoms with E-state index in [0.29, 0.717) is 28.3 Å². The van der Waals surface area contributed by atoms with Crippen LogP contribution in [0.1, 0.15) is 41.3 Å². The number of nitrogens with one attached hydrogen (secondary N) is 1. The standard InChI is InChI=1S/C20H18N2O5S/c1-13(23)14-8-10-16(11-9-14)28(26,27)22-18(24)20(21-19(22)25)12-4-6-15-5-2-3-7-17(15)20/h2-3,5,7-11H,4,6,12H2,1H3,(H,21,25). The fraction of sp³-hybridized carbons (Fsp3) is 0.250. The minimum atomic E-state index is -4.40. The molecule has 1 aliphatic carbocycles. The van der Waals surface area contributed by atoms with Gasteiger partial charge in [0.1, 0.15) is 5.54 Å². The fourth-order valence-electron chi connectivity index (χ4n) is 3.92. The van der Waals surface area contributed by atoms with Gasteiger partial charge in [0.25, 0.3) is 15.9 Å². The summed E-state index contributed by atoms with van der Waals surface area (Å²) in [7, 11) is -4.40. The molecular weight excluding hydrogens is 380 g/mol. The second-order valence-electron chi connectivity index (χ2n) is 7.00. The highest BCUT2D eigenvalue weighted by Gasteiger charge is 2.57. The summed E-state index contributed by atoms with van der Waals surface area (Å²) in [5, 5.41) is 2.63. The number of carbonyl (C=O) groups is 3. The number of nitrogens with zero attached hydrogens (tertiary/aromatic N) is 1. The molecule has 1 N–H and O–H groups in total. The average molecular weight is 398 g/mol. The molecule has 0 bridgehead atoms. The third-order valence-corrected chi connectivity index (χ3v) is 7.01. The van der Waals surface area contributed by atoms with Gasteiger partial charge in [-0.1, -0.05) is 36.4 Å². The highest BCUT2D eigenvalue weighted by Crippen LogP contribution is 2.41. The predicted octanol–water partition coefficient (Wildman–Crippen LogP) is 2.36. The molecule has 1 atom stereocenters. The second kappa shape index (κ2) is 6.27. The first-order valence-electron chi connectivity index (χ1n) is 8.89. The second-order valence-corrected chi connectivity index (χ2v) is 8.79. The van der Waals surface area contributed by atoms with Crippen molar-refractivity contribution in [2.24, 2.45) is 0 Å². The van der Waals surface area contributed by atoms with Crippen LogP contribution in [0, 0.1) is 0 Å². The topological polar surface area (TPSA) is 101 Å². The summed E-state index contributed by atoms with van der Waals surface area (Å²) in [4.78, 5) is 37.1. The smallest absolute Gasteiger partial charge is 0.318 e. The molecule has 28 heavy (non-hydrogen) atoms. The van der Waals surface area contributed by atoms with Crippen molar-refractivity contribution in [2.75, 3.05) is 0 Å². The van der Waals surface area contributed by atoms with Gasteiger partial charge >= 0.3 is 6.03 Å². The molecule has 1 aliphatic heterocycles. The lowest BCUT2D eigenvalue weighted by Gasteiger charge is -2.33. The van der Waals surface area contributed by atoms with Crippen LogP contribution in [-0.2, 0) is 26.8 Å². The van der Waals surface area contributed by atoms with Gasteiger partial charge in [-0.3, -0.25) is 9.59 Å². The van der Waals surface area contributed by atoms with Gasteiger partial charge < -0.3 is 5.32 Å². The SMILES string of the molecule is CC(=O)c1ccc(S(=O)(=O)N2C(=O)NC3(CCCc4ccccc43)C2=O)cc1. The molecule has 8 heteroatoms. The number of imide groups is 1. The van der Waals surface area contributed by atoms with Gasteiger partial charge in [-0.2, -0.15) is 0 Å². The highest BCUT2D eigenvalue weighted by molar-refractivity contribution is 7.90. The Morgan fingerprint density at radius 1 is 1.07 bits per heavy atom. The van der Waals surface area contributed by atoms with E-state index in [-0.39, 0.29) is 10.7 Å². The van der Waals surface area contributed by atoms with Crippen LogP contribution in [0.2, 0.25) is 0 Å². The van der Waals surface area contributed by atoms with Crippen molar-refractivity contribution in [3.63, 3.8) is 0 Å². The zero-order valence-electron chi connectivity index (χ0n) is 15.1. The molecule has 2 aromatic rings. The Kier molecular flexibility index (Phi) is 4.11. The molecule has 0 aromatic heterocycles. The van der Waals surface area contributed by atoms with Crippen LogP contribution in [0.5, 0.6) is 0 Å². The Hall–Kier alpha value is -3.00. The van der Waals surface area contributed by atoms with Crippen LogP contribution in [0.25, 0.3) is 0 Å². The molecule has 0 radical (unpaired) electrons. The maximum Gasteiger partial charge on any atom is 0.339 e. The van der Waals surface area contributed by atoms with Crippen molar-refractivity contribution >= 4 is 27.7 Å². The van der Waals surface area contributed by atoms with Crippen LogP contribution in [-0.4, -0.2) is 30.4 Å². The number of Topliss-reactive ketones (excluding diaryl/α,β-unsaturated/α-hetero) is 1. The van der Waals surface area contributed by atoms with E-state index in [1.54, 1.807) is 12.1 Å². The number of hydrogen-bond acceptors (Lipinski definition) is 5. The maximum absolute atomic E-state index is 13.3. The number of urea groups is 1. The van der Waals surface area contributed by atoms with Crippen LogP contribution in [0.3, 0.4) is 0 Å². The van der Waals surface area contributed by atoms with Gasteiger partial charge in [0.2, 0.25) is 0 Å². The molecule has 1 unspecified atom stereocenters. The van der Waals surface area contributed by atoms with Crippen molar-refractivity contribution < 1.29 is 22.8 Å². The summed E-state index contributed by atoms with van der Waals surface area (Å²) in [5.74, 6) is -1.00. The number of aryl methyl sites for hydroxylation is 1. The van der Waals surface area contributed by atoms with E-state index < -0.39 is 27.5 Å². The van der Waals surface area contributed by atoms with E-state index >= 15 is 0 Å². The quantitative estimate of drug-likeness (QED) is 0.632. The Morgan fingerprint density at radius 3 is 2.43 bits per heavy atom. The van der Waals surface area contributed by atoms with E-state index in [1.165, 1.54) is 31.2 Å². The zero-order valence-corrected chi connectivity index (χ0v) is 16.0.